The molecule has 1 aromatic carbocycles. The summed E-state index contributed by atoms with van der Waals surface area (Å²) in [5.74, 6) is 1.67. The van der Waals surface area contributed by atoms with Crippen molar-refractivity contribution < 1.29 is 9.47 Å². The number of hydrogen-bond acceptors (Lipinski definition) is 2. The van der Waals surface area contributed by atoms with Crippen LogP contribution in [0, 0.1) is 0 Å². The minimum Gasteiger partial charge on any atom is -0.443 e. The van der Waals surface area contributed by atoms with E-state index in [-0.39, 0.29) is 5.41 Å². The van der Waals surface area contributed by atoms with Gasteiger partial charge in [-0.25, -0.2) is 0 Å². The van der Waals surface area contributed by atoms with Crippen LogP contribution in [0.15, 0.2) is 18.2 Å². The normalized spacial score (nSPS) is 17.9. The van der Waals surface area contributed by atoms with Gasteiger partial charge in [0.05, 0.1) is 0 Å². The Labute approximate surface area is 95.1 Å². The summed E-state index contributed by atoms with van der Waals surface area (Å²) in [6.07, 6.45) is 0. The van der Waals surface area contributed by atoms with Gasteiger partial charge in [-0.15, -0.1) is 0 Å². The van der Waals surface area contributed by atoms with Crippen molar-refractivity contribution in [3.8, 4) is 11.5 Å². The number of rotatable bonds is 0. The van der Waals surface area contributed by atoms with Crippen LogP contribution in [0.25, 0.3) is 0 Å². The van der Waals surface area contributed by atoms with Crippen molar-refractivity contribution >= 4 is 18.5 Å². The van der Waals surface area contributed by atoms with Crippen LogP contribution in [0.3, 0.4) is 0 Å². The molecule has 0 spiro atoms. The molecule has 0 saturated carbocycles. The second kappa shape index (κ2) is 3.34. The van der Waals surface area contributed by atoms with E-state index in [1.807, 2.05) is 12.1 Å². The Balaban J connectivity index is 2.51. The van der Waals surface area contributed by atoms with Crippen molar-refractivity contribution in [3.05, 3.63) is 23.8 Å². The maximum absolute atomic E-state index is 5.76. The van der Waals surface area contributed by atoms with E-state index >= 15 is 0 Å². The Bertz CT molecular complexity index is 394. The summed E-state index contributed by atoms with van der Waals surface area (Å²) in [5, 5.41) is -0.705. The molecule has 2 atom stereocenters. The lowest BCUT2D eigenvalue weighted by atomic mass is 9.86. The fourth-order valence-corrected chi connectivity index (χ4v) is 2.13. The van der Waals surface area contributed by atoms with Crippen molar-refractivity contribution in [2.24, 2.45) is 0 Å². The van der Waals surface area contributed by atoms with Crippen LogP contribution < -0.4 is 9.47 Å². The second-order valence-corrected chi connectivity index (χ2v) is 7.08. The Morgan fingerprint density at radius 3 is 2.40 bits per heavy atom. The van der Waals surface area contributed by atoms with Gasteiger partial charge < -0.3 is 9.47 Å². The monoisotopic (exact) mass is 242 g/mol. The highest BCUT2D eigenvalue weighted by Crippen LogP contribution is 2.49. The lowest BCUT2D eigenvalue weighted by Gasteiger charge is -2.21. The fraction of sp³-hybridized carbons (Fsp3) is 0.455. The highest BCUT2D eigenvalue weighted by Gasteiger charge is 2.35. The molecule has 15 heavy (non-hydrogen) atoms. The van der Waals surface area contributed by atoms with Gasteiger partial charge in [-0.1, -0.05) is 32.9 Å². The molecule has 2 nitrogen and oxygen atoms in total. The number of ether oxygens (including phenoxy) is 2. The molecular weight excluding hydrogens is 226 g/mol. The largest absolute Gasteiger partial charge is 0.443 e. The first-order valence-corrected chi connectivity index (χ1v) is 6.04. The van der Waals surface area contributed by atoms with Gasteiger partial charge in [-0.3, -0.25) is 0 Å². The Morgan fingerprint density at radius 1 is 1.13 bits per heavy atom. The smallest absolute Gasteiger partial charge is 0.273 e. The standard InChI is InChI=1S/C11H16O2P2/c1-10(2,3)7-5-4-6-8-9(7)13-11(14,15)12-8/h4-6H,14-15H2,1-3H3. The molecule has 0 aliphatic carbocycles. The predicted molar refractivity (Wildman–Crippen MR) is 68.5 cm³/mol. The first-order valence-electron chi connectivity index (χ1n) is 4.89. The summed E-state index contributed by atoms with van der Waals surface area (Å²) >= 11 is 0. The van der Waals surface area contributed by atoms with Crippen LogP contribution in [0.1, 0.15) is 26.3 Å². The molecule has 1 aliphatic heterocycles. The maximum atomic E-state index is 5.76. The first kappa shape index (κ1) is 11.2. The van der Waals surface area contributed by atoms with Gasteiger partial charge in [-0.05, 0) is 30.0 Å². The number of hydrogen-bond donors (Lipinski definition) is 0. The van der Waals surface area contributed by atoms with Crippen molar-refractivity contribution in [1.82, 2.24) is 0 Å². The molecule has 0 saturated heterocycles. The first-order chi connectivity index (χ1) is 6.80. The fourth-order valence-electron chi connectivity index (χ4n) is 1.64. The van der Waals surface area contributed by atoms with Crippen molar-refractivity contribution in [2.45, 2.75) is 31.5 Å². The lowest BCUT2D eigenvalue weighted by Crippen LogP contribution is -2.22. The third-order valence-corrected chi connectivity index (χ3v) is 2.79. The molecule has 0 fully saturated rings. The molecule has 0 bridgehead atoms. The summed E-state index contributed by atoms with van der Waals surface area (Å²) < 4.78 is 11.4. The quantitative estimate of drug-likeness (QED) is 0.651. The molecule has 1 aromatic rings. The Hall–Kier alpha value is -0.320. The van der Waals surface area contributed by atoms with Gasteiger partial charge in [0.1, 0.15) is 0 Å². The van der Waals surface area contributed by atoms with Gasteiger partial charge in [0.25, 0.3) is 5.27 Å². The highest BCUT2D eigenvalue weighted by molar-refractivity contribution is 7.39. The van der Waals surface area contributed by atoms with Crippen LogP contribution in [0.4, 0.5) is 0 Å². The van der Waals surface area contributed by atoms with Crippen molar-refractivity contribution in [3.63, 3.8) is 0 Å². The third-order valence-electron chi connectivity index (χ3n) is 2.32. The average Bonchev–Trinajstić information content (AvgIpc) is 2.35. The van der Waals surface area contributed by atoms with E-state index in [9.17, 15) is 0 Å². The average molecular weight is 242 g/mol. The van der Waals surface area contributed by atoms with Crippen LogP contribution in [-0.4, -0.2) is 5.27 Å². The zero-order chi connectivity index (χ0) is 11.3. The van der Waals surface area contributed by atoms with E-state index in [0.29, 0.717) is 0 Å². The third kappa shape index (κ3) is 2.12. The molecule has 4 heteroatoms. The molecule has 0 radical (unpaired) electrons. The van der Waals surface area contributed by atoms with Crippen molar-refractivity contribution in [2.75, 3.05) is 0 Å². The molecular formula is C11H16O2P2. The molecule has 2 rings (SSSR count). The van der Waals surface area contributed by atoms with E-state index in [1.54, 1.807) is 0 Å². The van der Waals surface area contributed by atoms with Gasteiger partial charge in [0.15, 0.2) is 11.5 Å². The molecule has 2 unspecified atom stereocenters. The molecule has 0 N–H and O–H groups in total. The maximum Gasteiger partial charge on any atom is 0.273 e. The van der Waals surface area contributed by atoms with Crippen LogP contribution in [0.2, 0.25) is 0 Å². The number of benzene rings is 1. The Kier molecular flexibility index (Phi) is 2.48. The summed E-state index contributed by atoms with van der Waals surface area (Å²) in [6.45, 7) is 6.49. The zero-order valence-electron chi connectivity index (χ0n) is 9.20. The molecule has 1 heterocycles. The molecule has 1 aliphatic rings. The van der Waals surface area contributed by atoms with E-state index in [1.165, 1.54) is 5.56 Å². The van der Waals surface area contributed by atoms with Crippen LogP contribution in [0.5, 0.6) is 11.5 Å². The van der Waals surface area contributed by atoms with E-state index in [0.717, 1.165) is 11.5 Å². The molecule has 0 aromatic heterocycles. The van der Waals surface area contributed by atoms with E-state index in [2.05, 4.69) is 45.3 Å². The number of fused-ring (bicyclic) bond motifs is 1. The summed E-state index contributed by atoms with van der Waals surface area (Å²) in [4.78, 5) is 0. The van der Waals surface area contributed by atoms with E-state index in [4.69, 9.17) is 9.47 Å². The number of para-hydroxylation sites is 1. The van der Waals surface area contributed by atoms with Gasteiger partial charge >= 0.3 is 0 Å². The SMILES string of the molecule is CC(C)(C)c1cccc2c1OC(P)(P)O2. The van der Waals surface area contributed by atoms with Gasteiger partial charge in [0, 0.05) is 5.56 Å². The molecule has 82 valence electrons. The summed E-state index contributed by atoms with van der Waals surface area (Å²) in [7, 11) is 5.07. The van der Waals surface area contributed by atoms with Crippen LogP contribution in [-0.2, 0) is 5.41 Å². The van der Waals surface area contributed by atoms with E-state index < -0.39 is 5.27 Å². The van der Waals surface area contributed by atoms with Gasteiger partial charge in [0.2, 0.25) is 0 Å². The van der Waals surface area contributed by atoms with Crippen LogP contribution >= 0.6 is 18.5 Å². The minimum atomic E-state index is -0.705. The predicted octanol–water partition coefficient (Wildman–Crippen LogP) is 3.12. The van der Waals surface area contributed by atoms with Crippen molar-refractivity contribution in [1.29, 1.82) is 0 Å². The summed E-state index contributed by atoms with van der Waals surface area (Å²) in [6, 6.07) is 6.01. The molecule has 0 amide bonds. The minimum absolute atomic E-state index is 0.0600. The second-order valence-electron chi connectivity index (χ2n) is 4.81. The topological polar surface area (TPSA) is 18.5 Å². The highest BCUT2D eigenvalue weighted by atomic mass is 31.1. The van der Waals surface area contributed by atoms with Gasteiger partial charge in [-0.2, -0.15) is 0 Å². The lowest BCUT2D eigenvalue weighted by molar-refractivity contribution is 0.0977. The zero-order valence-corrected chi connectivity index (χ0v) is 11.5. The Morgan fingerprint density at radius 2 is 1.80 bits per heavy atom. The summed E-state index contributed by atoms with van der Waals surface area (Å²) in [5.41, 5.74) is 1.23.